The number of nitrogens with one attached hydrogen (secondary N) is 1. The highest BCUT2D eigenvalue weighted by molar-refractivity contribution is 7.99. The lowest BCUT2D eigenvalue weighted by molar-refractivity contribution is 0.112. The van der Waals surface area contributed by atoms with Gasteiger partial charge in [0.1, 0.15) is 6.29 Å². The summed E-state index contributed by atoms with van der Waals surface area (Å²) in [5.41, 5.74) is 1.83. The van der Waals surface area contributed by atoms with Gasteiger partial charge in [-0.25, -0.2) is 0 Å². The molecule has 2 nitrogen and oxygen atoms in total. The number of hydrogen-bond donors (Lipinski definition) is 1. The van der Waals surface area contributed by atoms with Gasteiger partial charge in [-0.2, -0.15) is 0 Å². The highest BCUT2D eigenvalue weighted by atomic mass is 32.2. The summed E-state index contributed by atoms with van der Waals surface area (Å²) in [5.74, 6) is 1.10. The number of thioether (sulfide) groups is 1. The number of carbonyl (C=O) groups excluding carboxylic acids is 1. The maximum atomic E-state index is 10.5. The van der Waals surface area contributed by atoms with Crippen LogP contribution in [0.4, 0.5) is 5.69 Å². The number of aldehydes is 1. The van der Waals surface area contributed by atoms with Gasteiger partial charge in [0.05, 0.1) is 0 Å². The first-order valence-electron chi connectivity index (χ1n) is 3.86. The van der Waals surface area contributed by atoms with E-state index in [1.165, 1.54) is 4.90 Å². The Morgan fingerprint density at radius 2 is 2.42 bits per heavy atom. The van der Waals surface area contributed by atoms with Crippen molar-refractivity contribution in [1.29, 1.82) is 0 Å². The first kappa shape index (κ1) is 7.68. The lowest BCUT2D eigenvalue weighted by atomic mass is 10.2. The molecular formula is C9H9NOS. The van der Waals surface area contributed by atoms with E-state index in [0.29, 0.717) is 0 Å². The van der Waals surface area contributed by atoms with Crippen molar-refractivity contribution in [2.45, 2.75) is 4.90 Å². The van der Waals surface area contributed by atoms with E-state index in [2.05, 4.69) is 5.32 Å². The van der Waals surface area contributed by atoms with E-state index in [4.69, 9.17) is 0 Å². The Hall–Kier alpha value is -0.960. The molecule has 2 rings (SSSR count). The molecule has 0 radical (unpaired) electrons. The standard InChI is InChI=1S/C9H9NOS/c11-6-7-1-2-9-8(5-7)10-3-4-12-9/h1-2,5-6,10H,3-4H2. The molecule has 0 bridgehead atoms. The van der Waals surface area contributed by atoms with Crippen molar-refractivity contribution in [3.05, 3.63) is 23.8 Å². The summed E-state index contributed by atoms with van der Waals surface area (Å²) in [6.45, 7) is 0.986. The third-order valence-corrected chi connectivity index (χ3v) is 2.89. The highest BCUT2D eigenvalue weighted by Gasteiger charge is 2.08. The van der Waals surface area contributed by atoms with Gasteiger partial charge in [-0.1, -0.05) is 6.07 Å². The Balaban J connectivity index is 2.42. The summed E-state index contributed by atoms with van der Waals surface area (Å²) in [6.07, 6.45) is 0.876. The molecule has 0 unspecified atom stereocenters. The Labute approximate surface area is 75.4 Å². The summed E-state index contributed by atoms with van der Waals surface area (Å²) >= 11 is 1.83. The minimum Gasteiger partial charge on any atom is -0.383 e. The van der Waals surface area contributed by atoms with Crippen LogP contribution >= 0.6 is 11.8 Å². The largest absolute Gasteiger partial charge is 0.383 e. The second-order valence-corrected chi connectivity index (χ2v) is 3.79. The zero-order valence-corrected chi connectivity index (χ0v) is 7.36. The maximum Gasteiger partial charge on any atom is 0.150 e. The number of hydrogen-bond acceptors (Lipinski definition) is 3. The second kappa shape index (κ2) is 3.19. The van der Waals surface area contributed by atoms with E-state index < -0.39 is 0 Å². The first-order valence-corrected chi connectivity index (χ1v) is 4.84. The van der Waals surface area contributed by atoms with Gasteiger partial charge in [-0.3, -0.25) is 4.79 Å². The van der Waals surface area contributed by atoms with Crippen LogP contribution in [-0.4, -0.2) is 18.6 Å². The summed E-state index contributed by atoms with van der Waals surface area (Å²) in [5, 5.41) is 3.26. The third kappa shape index (κ3) is 1.32. The van der Waals surface area contributed by atoms with E-state index in [1.54, 1.807) is 0 Å². The van der Waals surface area contributed by atoms with E-state index in [0.717, 1.165) is 29.8 Å². The number of carbonyl (C=O) groups is 1. The molecule has 0 aliphatic carbocycles. The molecule has 0 spiro atoms. The van der Waals surface area contributed by atoms with E-state index >= 15 is 0 Å². The molecule has 0 fully saturated rings. The molecule has 1 aromatic rings. The molecule has 1 aromatic carbocycles. The van der Waals surface area contributed by atoms with Crippen molar-refractivity contribution in [2.75, 3.05) is 17.6 Å². The number of anilines is 1. The maximum absolute atomic E-state index is 10.5. The van der Waals surface area contributed by atoms with Crippen LogP contribution in [0.15, 0.2) is 23.1 Å². The zero-order valence-electron chi connectivity index (χ0n) is 6.54. The molecule has 0 atom stereocenters. The quantitative estimate of drug-likeness (QED) is 0.669. The fourth-order valence-electron chi connectivity index (χ4n) is 1.23. The predicted molar refractivity (Wildman–Crippen MR) is 51.0 cm³/mol. The smallest absolute Gasteiger partial charge is 0.150 e. The van der Waals surface area contributed by atoms with Crippen LogP contribution in [0.5, 0.6) is 0 Å². The van der Waals surface area contributed by atoms with Gasteiger partial charge in [-0.15, -0.1) is 11.8 Å². The second-order valence-electron chi connectivity index (χ2n) is 2.65. The molecule has 12 heavy (non-hydrogen) atoms. The van der Waals surface area contributed by atoms with Crippen LogP contribution in [0.2, 0.25) is 0 Å². The van der Waals surface area contributed by atoms with Crippen LogP contribution in [0.3, 0.4) is 0 Å². The van der Waals surface area contributed by atoms with Crippen LogP contribution in [0.1, 0.15) is 10.4 Å². The molecule has 0 saturated heterocycles. The molecule has 1 aliphatic rings. The van der Waals surface area contributed by atoms with Crippen LogP contribution in [-0.2, 0) is 0 Å². The number of fused-ring (bicyclic) bond motifs is 1. The highest BCUT2D eigenvalue weighted by Crippen LogP contribution is 2.30. The molecule has 0 aromatic heterocycles. The lowest BCUT2D eigenvalue weighted by Crippen LogP contribution is -2.10. The van der Waals surface area contributed by atoms with Crippen molar-refractivity contribution in [1.82, 2.24) is 0 Å². The van der Waals surface area contributed by atoms with E-state index in [1.807, 2.05) is 30.0 Å². The van der Waals surface area contributed by atoms with E-state index in [9.17, 15) is 4.79 Å². The molecule has 1 heterocycles. The minimum absolute atomic E-state index is 0.740. The minimum atomic E-state index is 0.740. The average molecular weight is 179 g/mol. The molecule has 1 N–H and O–H groups in total. The summed E-state index contributed by atoms with van der Waals surface area (Å²) in [4.78, 5) is 11.7. The van der Waals surface area contributed by atoms with Gasteiger partial charge in [0.25, 0.3) is 0 Å². The average Bonchev–Trinajstić information content (AvgIpc) is 2.17. The van der Waals surface area contributed by atoms with Gasteiger partial charge < -0.3 is 5.32 Å². The topological polar surface area (TPSA) is 29.1 Å². The Kier molecular flexibility index (Phi) is 2.04. The SMILES string of the molecule is O=Cc1ccc2c(c1)NCCS2. The van der Waals surface area contributed by atoms with Gasteiger partial charge in [-0.05, 0) is 12.1 Å². The van der Waals surface area contributed by atoms with Crippen LogP contribution in [0.25, 0.3) is 0 Å². The first-order chi connectivity index (χ1) is 5.90. The fourth-order valence-corrected chi connectivity index (χ4v) is 2.11. The predicted octanol–water partition coefficient (Wildman–Crippen LogP) is 2.02. The Morgan fingerprint density at radius 3 is 3.25 bits per heavy atom. The van der Waals surface area contributed by atoms with Gasteiger partial charge in [0.2, 0.25) is 0 Å². The van der Waals surface area contributed by atoms with Gasteiger partial charge >= 0.3 is 0 Å². The van der Waals surface area contributed by atoms with Crippen molar-refractivity contribution in [3.8, 4) is 0 Å². The van der Waals surface area contributed by atoms with Crippen LogP contribution in [0, 0.1) is 0 Å². The Morgan fingerprint density at radius 1 is 1.50 bits per heavy atom. The fraction of sp³-hybridized carbons (Fsp3) is 0.222. The molecule has 0 amide bonds. The van der Waals surface area contributed by atoms with E-state index in [-0.39, 0.29) is 0 Å². The van der Waals surface area contributed by atoms with Crippen molar-refractivity contribution < 1.29 is 4.79 Å². The zero-order chi connectivity index (χ0) is 8.39. The molecule has 0 saturated carbocycles. The third-order valence-electron chi connectivity index (χ3n) is 1.81. The lowest BCUT2D eigenvalue weighted by Gasteiger charge is -2.16. The monoisotopic (exact) mass is 179 g/mol. The number of benzene rings is 1. The molecule has 1 aliphatic heterocycles. The van der Waals surface area contributed by atoms with Crippen molar-refractivity contribution in [3.63, 3.8) is 0 Å². The Bertz CT molecular complexity index is 311. The molecule has 62 valence electrons. The summed E-state index contributed by atoms with van der Waals surface area (Å²) < 4.78 is 0. The molecular weight excluding hydrogens is 170 g/mol. The van der Waals surface area contributed by atoms with Gasteiger partial charge in [0.15, 0.2) is 0 Å². The summed E-state index contributed by atoms with van der Waals surface area (Å²) in [6, 6.07) is 5.75. The summed E-state index contributed by atoms with van der Waals surface area (Å²) in [7, 11) is 0. The van der Waals surface area contributed by atoms with Crippen molar-refractivity contribution >= 4 is 23.7 Å². The van der Waals surface area contributed by atoms with Crippen molar-refractivity contribution in [2.24, 2.45) is 0 Å². The normalized spacial score (nSPS) is 14.7. The van der Waals surface area contributed by atoms with Gasteiger partial charge in [0, 0.05) is 28.4 Å². The number of rotatable bonds is 1. The molecule has 3 heteroatoms. The van der Waals surface area contributed by atoms with Crippen LogP contribution < -0.4 is 5.32 Å².